The Labute approximate surface area is 142 Å². The van der Waals surface area contributed by atoms with E-state index < -0.39 is 0 Å². The summed E-state index contributed by atoms with van der Waals surface area (Å²) in [5.74, 6) is 0.156. The fraction of sp³-hybridized carbons (Fsp3) is 0.444. The highest BCUT2D eigenvalue weighted by atomic mass is 16.5. The molecule has 0 radical (unpaired) electrons. The fourth-order valence-electron chi connectivity index (χ4n) is 2.03. The summed E-state index contributed by atoms with van der Waals surface area (Å²) in [4.78, 5) is 25.0. The second-order valence-electron chi connectivity index (χ2n) is 4.94. The molecule has 0 bridgehead atoms. The summed E-state index contributed by atoms with van der Waals surface area (Å²) in [5, 5.41) is 9.07. The summed E-state index contributed by atoms with van der Waals surface area (Å²) in [7, 11) is 0. The predicted molar refractivity (Wildman–Crippen MR) is 91.6 cm³/mol. The van der Waals surface area contributed by atoms with Crippen LogP contribution in [0.15, 0.2) is 30.3 Å². The van der Waals surface area contributed by atoms with E-state index in [0.29, 0.717) is 13.2 Å². The minimum Gasteiger partial charge on any atom is -0.494 e. The second-order valence-corrected chi connectivity index (χ2v) is 4.94. The van der Waals surface area contributed by atoms with Crippen molar-refractivity contribution in [3.8, 4) is 5.75 Å². The molecule has 6 nitrogen and oxygen atoms in total. The van der Waals surface area contributed by atoms with E-state index in [0.717, 1.165) is 11.3 Å². The van der Waals surface area contributed by atoms with E-state index in [1.54, 1.807) is 13.0 Å². The van der Waals surface area contributed by atoms with Crippen molar-refractivity contribution in [1.82, 2.24) is 4.90 Å². The lowest BCUT2D eigenvalue weighted by Crippen LogP contribution is -2.34. The van der Waals surface area contributed by atoms with Gasteiger partial charge in [0.05, 0.1) is 26.2 Å². The van der Waals surface area contributed by atoms with E-state index in [9.17, 15) is 9.59 Å². The summed E-state index contributed by atoms with van der Waals surface area (Å²) in [5.41, 5.74) is 0.862. The predicted octanol–water partition coefficient (Wildman–Crippen LogP) is 1.87. The van der Waals surface area contributed by atoms with Crippen molar-refractivity contribution in [2.75, 3.05) is 32.9 Å². The molecule has 0 aliphatic carbocycles. The van der Waals surface area contributed by atoms with E-state index in [1.807, 2.05) is 31.2 Å². The third-order valence-corrected chi connectivity index (χ3v) is 3.18. The summed E-state index contributed by atoms with van der Waals surface area (Å²) < 4.78 is 10.2. The lowest BCUT2D eigenvalue weighted by molar-refractivity contribution is -0.143. The molecule has 24 heavy (non-hydrogen) atoms. The van der Waals surface area contributed by atoms with Gasteiger partial charge in [0.25, 0.3) is 0 Å². The number of hydrogen-bond donors (Lipinski definition) is 1. The Morgan fingerprint density at radius 1 is 1.12 bits per heavy atom. The van der Waals surface area contributed by atoms with E-state index in [4.69, 9.17) is 14.6 Å². The van der Waals surface area contributed by atoms with Gasteiger partial charge in [0, 0.05) is 19.2 Å². The molecule has 132 valence electrons. The summed E-state index contributed by atoms with van der Waals surface area (Å²) in [6.07, 6.45) is 3.22. The normalized spacial score (nSPS) is 10.6. The Morgan fingerprint density at radius 2 is 1.83 bits per heavy atom. The molecule has 0 fully saturated rings. The van der Waals surface area contributed by atoms with Gasteiger partial charge < -0.3 is 19.5 Å². The SMILES string of the molecule is CCOC(=O)CCN(CCO)C(=O)/C=C/c1ccc(OCC)cc1. The molecule has 1 aromatic rings. The zero-order chi connectivity index (χ0) is 17.8. The topological polar surface area (TPSA) is 76.1 Å². The Morgan fingerprint density at radius 3 is 2.42 bits per heavy atom. The van der Waals surface area contributed by atoms with Gasteiger partial charge in [0.1, 0.15) is 5.75 Å². The minimum atomic E-state index is -0.358. The van der Waals surface area contributed by atoms with E-state index >= 15 is 0 Å². The Kier molecular flexibility index (Phi) is 9.23. The molecular weight excluding hydrogens is 310 g/mol. The molecule has 1 aromatic carbocycles. The molecule has 6 heteroatoms. The molecule has 0 saturated heterocycles. The van der Waals surface area contributed by atoms with Crippen LogP contribution in [0.3, 0.4) is 0 Å². The van der Waals surface area contributed by atoms with Crippen LogP contribution in [0.1, 0.15) is 25.8 Å². The molecule has 0 aromatic heterocycles. The largest absolute Gasteiger partial charge is 0.494 e. The fourth-order valence-corrected chi connectivity index (χ4v) is 2.03. The number of aliphatic hydroxyl groups is 1. The van der Waals surface area contributed by atoms with Crippen LogP contribution in [0.25, 0.3) is 6.08 Å². The van der Waals surface area contributed by atoms with Gasteiger partial charge in [-0.25, -0.2) is 0 Å². The van der Waals surface area contributed by atoms with Crippen molar-refractivity contribution in [3.05, 3.63) is 35.9 Å². The number of amides is 1. The molecule has 0 spiro atoms. The number of benzene rings is 1. The Bertz CT molecular complexity index is 539. The van der Waals surface area contributed by atoms with Crippen LogP contribution < -0.4 is 4.74 Å². The highest BCUT2D eigenvalue weighted by Crippen LogP contribution is 2.13. The molecule has 1 amide bonds. The number of ether oxygens (including phenoxy) is 2. The van der Waals surface area contributed by atoms with E-state index in [-0.39, 0.29) is 38.0 Å². The van der Waals surface area contributed by atoms with Crippen molar-refractivity contribution in [2.45, 2.75) is 20.3 Å². The average Bonchev–Trinajstić information content (AvgIpc) is 2.58. The molecular formula is C18H25NO5. The molecule has 0 saturated carbocycles. The van der Waals surface area contributed by atoms with Crippen LogP contribution in [0, 0.1) is 0 Å². The lowest BCUT2D eigenvalue weighted by Gasteiger charge is -2.19. The van der Waals surface area contributed by atoms with E-state index in [2.05, 4.69) is 0 Å². The van der Waals surface area contributed by atoms with Gasteiger partial charge in [-0.1, -0.05) is 12.1 Å². The quantitative estimate of drug-likeness (QED) is 0.522. The van der Waals surface area contributed by atoms with Crippen LogP contribution in [0.2, 0.25) is 0 Å². The third-order valence-electron chi connectivity index (χ3n) is 3.18. The summed E-state index contributed by atoms with van der Waals surface area (Å²) >= 11 is 0. The van der Waals surface area contributed by atoms with Crippen molar-refractivity contribution < 1.29 is 24.2 Å². The summed E-state index contributed by atoms with van der Waals surface area (Å²) in [6, 6.07) is 7.37. The van der Waals surface area contributed by atoms with Crippen molar-refractivity contribution in [2.24, 2.45) is 0 Å². The van der Waals surface area contributed by atoms with Gasteiger partial charge in [-0.2, -0.15) is 0 Å². The lowest BCUT2D eigenvalue weighted by atomic mass is 10.2. The molecule has 0 heterocycles. The first-order valence-corrected chi connectivity index (χ1v) is 8.07. The second kappa shape index (κ2) is 11.2. The van der Waals surface area contributed by atoms with Crippen LogP contribution in [0.5, 0.6) is 5.75 Å². The van der Waals surface area contributed by atoms with Gasteiger partial charge in [-0.3, -0.25) is 9.59 Å². The Hall–Kier alpha value is -2.34. The van der Waals surface area contributed by atoms with Crippen molar-refractivity contribution >= 4 is 18.0 Å². The molecule has 0 unspecified atom stereocenters. The smallest absolute Gasteiger partial charge is 0.307 e. The van der Waals surface area contributed by atoms with Crippen LogP contribution >= 0.6 is 0 Å². The zero-order valence-electron chi connectivity index (χ0n) is 14.2. The van der Waals surface area contributed by atoms with Gasteiger partial charge in [-0.05, 0) is 37.6 Å². The van der Waals surface area contributed by atoms with Crippen molar-refractivity contribution in [3.63, 3.8) is 0 Å². The monoisotopic (exact) mass is 335 g/mol. The molecule has 0 aliphatic heterocycles. The van der Waals surface area contributed by atoms with Crippen LogP contribution in [-0.2, 0) is 14.3 Å². The number of hydrogen-bond acceptors (Lipinski definition) is 5. The van der Waals surface area contributed by atoms with E-state index in [1.165, 1.54) is 11.0 Å². The third kappa shape index (κ3) is 7.28. The first-order chi connectivity index (χ1) is 11.6. The number of carbonyl (C=O) groups is 2. The average molecular weight is 335 g/mol. The van der Waals surface area contributed by atoms with Gasteiger partial charge in [0.2, 0.25) is 5.91 Å². The van der Waals surface area contributed by atoms with Gasteiger partial charge >= 0.3 is 5.97 Å². The first kappa shape index (κ1) is 19.7. The highest BCUT2D eigenvalue weighted by Gasteiger charge is 2.12. The summed E-state index contributed by atoms with van der Waals surface area (Å²) in [6.45, 7) is 4.78. The van der Waals surface area contributed by atoms with Gasteiger partial charge in [0.15, 0.2) is 0 Å². The highest BCUT2D eigenvalue weighted by molar-refractivity contribution is 5.92. The maximum Gasteiger partial charge on any atom is 0.307 e. The number of nitrogens with zero attached hydrogens (tertiary/aromatic N) is 1. The molecule has 1 N–H and O–H groups in total. The standard InChI is InChI=1S/C18H25NO5/c1-3-23-16-8-5-15(6-9-16)7-10-17(21)19(13-14-20)12-11-18(22)24-4-2/h5-10,20H,3-4,11-14H2,1-2H3/b10-7+. The maximum atomic E-state index is 12.2. The number of esters is 1. The molecule has 1 rings (SSSR count). The van der Waals surface area contributed by atoms with Crippen LogP contribution in [0.4, 0.5) is 0 Å². The number of aliphatic hydroxyl groups excluding tert-OH is 1. The van der Waals surface area contributed by atoms with Crippen molar-refractivity contribution in [1.29, 1.82) is 0 Å². The molecule has 0 atom stereocenters. The zero-order valence-corrected chi connectivity index (χ0v) is 14.2. The minimum absolute atomic E-state index is 0.108. The first-order valence-electron chi connectivity index (χ1n) is 8.07. The maximum absolute atomic E-state index is 12.2. The van der Waals surface area contributed by atoms with Gasteiger partial charge in [-0.15, -0.1) is 0 Å². The molecule has 0 aliphatic rings. The number of carbonyl (C=O) groups excluding carboxylic acids is 2. The number of rotatable bonds is 10. The van der Waals surface area contributed by atoms with Crippen LogP contribution in [-0.4, -0.2) is 54.8 Å². The Balaban J connectivity index is 2.61.